The lowest BCUT2D eigenvalue weighted by molar-refractivity contribution is -0.0164. The van der Waals surface area contributed by atoms with Gasteiger partial charge in [0.25, 0.3) is 5.56 Å². The van der Waals surface area contributed by atoms with Crippen LogP contribution in [0.1, 0.15) is 66.2 Å². The van der Waals surface area contributed by atoms with Gasteiger partial charge in [0, 0.05) is 56.9 Å². The molecule has 1 atom stereocenters. The van der Waals surface area contributed by atoms with E-state index in [1.54, 1.807) is 11.9 Å². The maximum atomic E-state index is 13.6. The van der Waals surface area contributed by atoms with E-state index in [-0.39, 0.29) is 29.3 Å². The summed E-state index contributed by atoms with van der Waals surface area (Å²) in [5, 5.41) is 0. The summed E-state index contributed by atoms with van der Waals surface area (Å²) in [7, 11) is 3.69. The predicted octanol–water partition coefficient (Wildman–Crippen LogP) is 6.54. The number of amides is 1. The first kappa shape index (κ1) is 33.9. The molecule has 0 N–H and O–H groups in total. The predicted molar refractivity (Wildman–Crippen MR) is 184 cm³/mol. The molecular formula is C36H48FN7O3. The molecule has 0 bridgehead atoms. The van der Waals surface area contributed by atoms with Gasteiger partial charge < -0.3 is 24.0 Å². The smallest absolute Gasteiger partial charge is 0.411 e. The monoisotopic (exact) mass is 645 g/mol. The number of carbonyl (C=O) groups is 1. The highest BCUT2D eigenvalue weighted by Crippen LogP contribution is 2.31. The maximum Gasteiger partial charge on any atom is 0.411 e. The first-order chi connectivity index (χ1) is 22.3. The van der Waals surface area contributed by atoms with Gasteiger partial charge in [0.1, 0.15) is 5.82 Å². The number of piperidine rings is 1. The topological polar surface area (TPSA) is 88.7 Å². The second-order valence-corrected chi connectivity index (χ2v) is 13.8. The Bertz CT molecular complexity index is 1740. The molecule has 1 aliphatic rings. The molecule has 0 aliphatic carbocycles. The van der Waals surface area contributed by atoms with E-state index in [9.17, 15) is 14.0 Å². The Kier molecular flexibility index (Phi) is 9.93. The third-order valence-electron chi connectivity index (χ3n) is 9.96. The molecule has 1 amide bonds. The SMILES string of the molecule is CC(C)C(OC(=O)N(C)C(C)(C)C(C)C)n1c(N(C)C2CCN(c3nc4ccccc4n3Cc3ccc(F)cc3)CC2)nccc1=O. The Balaban J connectivity index is 1.36. The average Bonchev–Trinajstić information content (AvgIpc) is 3.41. The van der Waals surface area contributed by atoms with Crippen molar-refractivity contribution in [3.05, 3.63) is 82.5 Å². The molecule has 1 fully saturated rings. The van der Waals surface area contributed by atoms with Crippen LogP contribution < -0.4 is 15.4 Å². The lowest BCUT2D eigenvalue weighted by atomic mass is 9.89. The van der Waals surface area contributed by atoms with Crippen molar-refractivity contribution in [2.75, 3.05) is 37.0 Å². The zero-order valence-corrected chi connectivity index (χ0v) is 28.9. The first-order valence-electron chi connectivity index (χ1n) is 16.5. The maximum absolute atomic E-state index is 13.6. The lowest BCUT2D eigenvalue weighted by Gasteiger charge is -2.40. The van der Waals surface area contributed by atoms with Gasteiger partial charge in [-0.05, 0) is 62.4 Å². The van der Waals surface area contributed by atoms with Crippen molar-refractivity contribution in [1.29, 1.82) is 0 Å². The van der Waals surface area contributed by atoms with E-state index in [1.165, 1.54) is 29.0 Å². The van der Waals surface area contributed by atoms with E-state index < -0.39 is 17.9 Å². The van der Waals surface area contributed by atoms with Crippen LogP contribution in [-0.4, -0.2) is 68.9 Å². The highest BCUT2D eigenvalue weighted by atomic mass is 19.1. The largest absolute Gasteiger partial charge is 0.424 e. The van der Waals surface area contributed by atoms with Gasteiger partial charge in [-0.15, -0.1) is 0 Å². The summed E-state index contributed by atoms with van der Waals surface area (Å²) < 4.78 is 23.4. The number of rotatable bonds is 10. The number of carbonyl (C=O) groups excluding carboxylic acids is 1. The number of para-hydroxylation sites is 2. The van der Waals surface area contributed by atoms with Crippen LogP contribution in [0.4, 0.5) is 21.1 Å². The number of hydrogen-bond acceptors (Lipinski definition) is 7. The molecule has 1 unspecified atom stereocenters. The second-order valence-electron chi connectivity index (χ2n) is 13.8. The Morgan fingerprint density at radius 3 is 2.32 bits per heavy atom. The lowest BCUT2D eigenvalue weighted by Crippen LogP contribution is -2.50. The summed E-state index contributed by atoms with van der Waals surface area (Å²) in [6.45, 7) is 14.1. The van der Waals surface area contributed by atoms with Gasteiger partial charge in [-0.3, -0.25) is 4.79 Å². The second kappa shape index (κ2) is 13.8. The van der Waals surface area contributed by atoms with E-state index >= 15 is 0 Å². The normalized spacial score (nSPS) is 15.0. The van der Waals surface area contributed by atoms with Gasteiger partial charge in [-0.2, -0.15) is 0 Å². The molecule has 4 aromatic rings. The third-order valence-corrected chi connectivity index (χ3v) is 9.96. The van der Waals surface area contributed by atoms with Gasteiger partial charge in [-0.25, -0.2) is 23.7 Å². The third kappa shape index (κ3) is 6.99. The van der Waals surface area contributed by atoms with E-state index in [1.807, 2.05) is 70.0 Å². The van der Waals surface area contributed by atoms with Crippen molar-refractivity contribution in [1.82, 2.24) is 24.0 Å². The molecule has 5 rings (SSSR count). The van der Waals surface area contributed by atoms with Gasteiger partial charge in [0.15, 0.2) is 6.23 Å². The molecule has 0 radical (unpaired) electrons. The number of halogens is 1. The van der Waals surface area contributed by atoms with Crippen LogP contribution in [0.2, 0.25) is 0 Å². The fourth-order valence-corrected chi connectivity index (χ4v) is 6.05. The summed E-state index contributed by atoms with van der Waals surface area (Å²) in [5.41, 5.74) is 2.23. The van der Waals surface area contributed by atoms with Crippen LogP contribution in [0.5, 0.6) is 0 Å². The van der Waals surface area contributed by atoms with Crippen molar-refractivity contribution in [3.63, 3.8) is 0 Å². The molecule has 11 heteroatoms. The Hall–Kier alpha value is -4.41. The molecule has 0 spiro atoms. The highest BCUT2D eigenvalue weighted by Gasteiger charge is 2.36. The molecule has 0 saturated carbocycles. The number of anilines is 2. The number of benzene rings is 2. The number of fused-ring (bicyclic) bond motifs is 1. The molecule has 47 heavy (non-hydrogen) atoms. The van der Waals surface area contributed by atoms with Crippen LogP contribution in [0, 0.1) is 17.7 Å². The van der Waals surface area contributed by atoms with E-state index in [0.717, 1.165) is 48.5 Å². The van der Waals surface area contributed by atoms with Crippen molar-refractivity contribution >= 4 is 29.0 Å². The van der Waals surface area contributed by atoms with E-state index in [0.29, 0.717) is 12.5 Å². The molecule has 252 valence electrons. The van der Waals surface area contributed by atoms with Crippen molar-refractivity contribution in [3.8, 4) is 0 Å². The van der Waals surface area contributed by atoms with Crippen LogP contribution in [0.3, 0.4) is 0 Å². The number of nitrogens with zero attached hydrogens (tertiary/aromatic N) is 7. The minimum absolute atomic E-state index is 0.0905. The van der Waals surface area contributed by atoms with Crippen LogP contribution >= 0.6 is 0 Å². The summed E-state index contributed by atoms with van der Waals surface area (Å²) in [5.74, 6) is 1.11. The minimum atomic E-state index is -0.835. The summed E-state index contributed by atoms with van der Waals surface area (Å²) >= 11 is 0. The molecular weight excluding hydrogens is 597 g/mol. The summed E-state index contributed by atoms with van der Waals surface area (Å²) in [4.78, 5) is 42.4. The minimum Gasteiger partial charge on any atom is -0.424 e. The first-order valence-corrected chi connectivity index (χ1v) is 16.5. The fourth-order valence-electron chi connectivity index (χ4n) is 6.05. The van der Waals surface area contributed by atoms with E-state index in [4.69, 9.17) is 9.72 Å². The zero-order valence-electron chi connectivity index (χ0n) is 28.9. The molecule has 2 aromatic heterocycles. The zero-order chi connectivity index (χ0) is 34.0. The number of imidazole rings is 1. The van der Waals surface area contributed by atoms with Crippen molar-refractivity contribution in [2.45, 2.75) is 78.7 Å². The molecule has 3 heterocycles. The van der Waals surface area contributed by atoms with E-state index in [2.05, 4.69) is 34.4 Å². The number of hydrogen-bond donors (Lipinski definition) is 0. The number of aromatic nitrogens is 4. The van der Waals surface area contributed by atoms with Crippen LogP contribution in [-0.2, 0) is 11.3 Å². The van der Waals surface area contributed by atoms with Crippen LogP contribution in [0.25, 0.3) is 11.0 Å². The average molecular weight is 646 g/mol. The van der Waals surface area contributed by atoms with Gasteiger partial charge >= 0.3 is 6.09 Å². The van der Waals surface area contributed by atoms with Gasteiger partial charge in [0.05, 0.1) is 17.6 Å². The van der Waals surface area contributed by atoms with Crippen molar-refractivity contribution in [2.24, 2.45) is 11.8 Å². The highest BCUT2D eigenvalue weighted by molar-refractivity contribution is 5.79. The molecule has 10 nitrogen and oxygen atoms in total. The summed E-state index contributed by atoms with van der Waals surface area (Å²) in [6, 6.07) is 16.2. The quantitative estimate of drug-likeness (QED) is 0.193. The fraction of sp³-hybridized carbons (Fsp3) is 0.500. The summed E-state index contributed by atoms with van der Waals surface area (Å²) in [6.07, 6.45) is 1.81. The Labute approximate surface area is 276 Å². The molecule has 2 aromatic carbocycles. The Morgan fingerprint density at radius 2 is 1.68 bits per heavy atom. The van der Waals surface area contributed by atoms with Crippen LogP contribution in [0.15, 0.2) is 65.6 Å². The standard InChI is InChI=1S/C36H48FN7O3/c1-24(2)32(47-35(46)41(8)36(5,6)25(3)4)44-31(45)17-20-38-33(44)40(7)28-18-21-42(22-19-28)34-39-29-11-9-10-12-30(29)43(34)23-26-13-15-27(37)16-14-26/h9-17,20,24-25,28,32H,18-19,21-23H2,1-8H3. The molecule has 1 saturated heterocycles. The van der Waals surface area contributed by atoms with Gasteiger partial charge in [-0.1, -0.05) is 52.0 Å². The van der Waals surface area contributed by atoms with Crippen molar-refractivity contribution < 1.29 is 13.9 Å². The molecule has 1 aliphatic heterocycles. The number of ether oxygens (including phenoxy) is 1. The van der Waals surface area contributed by atoms with Gasteiger partial charge in [0.2, 0.25) is 11.9 Å². The Morgan fingerprint density at radius 1 is 1.02 bits per heavy atom.